The maximum Gasteiger partial charge on any atom is 0.342 e. The number of fused-ring (bicyclic) bond motifs is 1. The average molecular weight is 456 g/mol. The Kier molecular flexibility index (Phi) is 5.25. The van der Waals surface area contributed by atoms with Crippen LogP contribution in [0.4, 0.5) is 10.1 Å². The fourth-order valence-corrected chi connectivity index (χ4v) is 3.75. The van der Waals surface area contributed by atoms with Crippen LogP contribution in [0.15, 0.2) is 45.3 Å². The molecule has 9 heteroatoms. The molecule has 0 aliphatic rings. The summed E-state index contributed by atoms with van der Waals surface area (Å²) < 4.78 is 50.1. The Morgan fingerprint density at radius 2 is 1.93 bits per heavy atom. The molecule has 3 aromatic rings. The molecule has 3 rings (SSSR count). The number of carbonyl (C=O) groups excluding carboxylic acids is 1. The van der Waals surface area contributed by atoms with Gasteiger partial charge in [0.1, 0.15) is 22.7 Å². The number of rotatable bonds is 5. The summed E-state index contributed by atoms with van der Waals surface area (Å²) in [6.45, 7) is 1.85. The second-order valence-electron chi connectivity index (χ2n) is 5.74. The number of sulfonamides is 1. The van der Waals surface area contributed by atoms with Crippen molar-refractivity contribution in [2.75, 3.05) is 17.6 Å². The van der Waals surface area contributed by atoms with E-state index < -0.39 is 21.8 Å². The topological polar surface area (TPSA) is 85.6 Å². The standard InChI is InChI=1S/C18H15BrFNO5S/c1-3-25-18(22)16-12-8-13(19)14(21-27(2,23)24)9-15(12)26-17(16)10-4-6-11(20)7-5-10/h4-9,21H,3H2,1-2H3. The van der Waals surface area contributed by atoms with E-state index in [1.165, 1.54) is 30.3 Å². The SMILES string of the molecule is CCOC(=O)c1c(-c2ccc(F)cc2)oc2cc(NS(C)(=O)=O)c(Br)cc12. The molecular formula is C18H15BrFNO5S. The van der Waals surface area contributed by atoms with Crippen LogP contribution < -0.4 is 4.72 Å². The van der Waals surface area contributed by atoms with Crippen LogP contribution in [0.2, 0.25) is 0 Å². The molecular weight excluding hydrogens is 441 g/mol. The van der Waals surface area contributed by atoms with E-state index in [4.69, 9.17) is 9.15 Å². The van der Waals surface area contributed by atoms with E-state index >= 15 is 0 Å². The molecule has 27 heavy (non-hydrogen) atoms. The van der Waals surface area contributed by atoms with Crippen molar-refractivity contribution in [3.63, 3.8) is 0 Å². The lowest BCUT2D eigenvalue weighted by molar-refractivity contribution is 0.0528. The lowest BCUT2D eigenvalue weighted by Crippen LogP contribution is -2.10. The molecule has 0 saturated carbocycles. The summed E-state index contributed by atoms with van der Waals surface area (Å²) in [5.41, 5.74) is 1.22. The van der Waals surface area contributed by atoms with Crippen molar-refractivity contribution in [1.82, 2.24) is 0 Å². The third-order valence-corrected chi connectivity index (χ3v) is 4.91. The fourth-order valence-electron chi connectivity index (χ4n) is 2.60. The van der Waals surface area contributed by atoms with Crippen LogP contribution in [0.1, 0.15) is 17.3 Å². The van der Waals surface area contributed by atoms with Crippen LogP contribution in [0, 0.1) is 5.82 Å². The molecule has 0 radical (unpaired) electrons. The van der Waals surface area contributed by atoms with E-state index in [0.717, 1.165) is 6.26 Å². The van der Waals surface area contributed by atoms with E-state index in [1.807, 2.05) is 0 Å². The van der Waals surface area contributed by atoms with Gasteiger partial charge in [0.05, 0.1) is 18.6 Å². The van der Waals surface area contributed by atoms with Crippen molar-refractivity contribution >= 4 is 48.6 Å². The van der Waals surface area contributed by atoms with Crippen LogP contribution in [0.3, 0.4) is 0 Å². The highest BCUT2D eigenvalue weighted by atomic mass is 79.9. The fraction of sp³-hybridized carbons (Fsp3) is 0.167. The highest BCUT2D eigenvalue weighted by molar-refractivity contribution is 9.10. The number of halogens is 2. The lowest BCUT2D eigenvalue weighted by Gasteiger charge is -2.06. The Morgan fingerprint density at radius 3 is 2.52 bits per heavy atom. The third-order valence-electron chi connectivity index (χ3n) is 3.66. The number of furan rings is 1. The van der Waals surface area contributed by atoms with Gasteiger partial charge >= 0.3 is 5.97 Å². The Balaban J connectivity index is 2.25. The number of hydrogen-bond donors (Lipinski definition) is 1. The van der Waals surface area contributed by atoms with Crippen molar-refractivity contribution < 1.29 is 26.8 Å². The van der Waals surface area contributed by atoms with E-state index in [0.29, 0.717) is 15.4 Å². The number of anilines is 1. The van der Waals surface area contributed by atoms with Gasteiger partial charge in [-0.15, -0.1) is 0 Å². The molecule has 1 aromatic heterocycles. The number of ether oxygens (including phenoxy) is 1. The Labute approximate surface area is 163 Å². The van der Waals surface area contributed by atoms with Gasteiger partial charge in [-0.3, -0.25) is 4.72 Å². The van der Waals surface area contributed by atoms with Gasteiger partial charge in [-0.1, -0.05) is 0 Å². The highest BCUT2D eigenvalue weighted by Crippen LogP contribution is 2.38. The first kappa shape index (κ1) is 19.4. The second-order valence-corrected chi connectivity index (χ2v) is 8.34. The van der Waals surface area contributed by atoms with Crippen LogP contribution in [0.25, 0.3) is 22.3 Å². The second kappa shape index (κ2) is 7.32. The summed E-state index contributed by atoms with van der Waals surface area (Å²) in [4.78, 5) is 12.5. The molecule has 6 nitrogen and oxygen atoms in total. The highest BCUT2D eigenvalue weighted by Gasteiger charge is 2.24. The number of hydrogen-bond acceptors (Lipinski definition) is 5. The van der Waals surface area contributed by atoms with Gasteiger partial charge in [-0.05, 0) is 53.2 Å². The minimum absolute atomic E-state index is 0.170. The predicted octanol–water partition coefficient (Wildman–Crippen LogP) is 4.55. The monoisotopic (exact) mass is 455 g/mol. The average Bonchev–Trinajstić information content (AvgIpc) is 2.93. The molecule has 0 aliphatic heterocycles. The quantitative estimate of drug-likeness (QED) is 0.570. The van der Waals surface area contributed by atoms with Gasteiger partial charge < -0.3 is 9.15 Å². The summed E-state index contributed by atoms with van der Waals surface area (Å²) in [7, 11) is -3.51. The van der Waals surface area contributed by atoms with Crippen molar-refractivity contribution in [3.8, 4) is 11.3 Å². The molecule has 0 fully saturated rings. The third kappa shape index (κ3) is 4.14. The van der Waals surface area contributed by atoms with E-state index in [1.54, 1.807) is 13.0 Å². The van der Waals surface area contributed by atoms with Gasteiger partial charge in [-0.2, -0.15) is 0 Å². The predicted molar refractivity (Wildman–Crippen MR) is 104 cm³/mol. The first-order valence-corrected chi connectivity index (χ1v) is 10.5. The lowest BCUT2D eigenvalue weighted by atomic mass is 10.1. The van der Waals surface area contributed by atoms with E-state index in [-0.39, 0.29) is 29.2 Å². The molecule has 0 aliphatic carbocycles. The minimum Gasteiger partial charge on any atom is -0.462 e. The van der Waals surface area contributed by atoms with Crippen LogP contribution in [-0.2, 0) is 14.8 Å². The van der Waals surface area contributed by atoms with E-state index in [9.17, 15) is 17.6 Å². The van der Waals surface area contributed by atoms with Gasteiger partial charge in [0.15, 0.2) is 0 Å². The zero-order chi connectivity index (χ0) is 19.8. The van der Waals surface area contributed by atoms with Crippen molar-refractivity contribution in [1.29, 1.82) is 0 Å². The maximum atomic E-state index is 13.3. The van der Waals surface area contributed by atoms with Crippen molar-refractivity contribution in [3.05, 3.63) is 52.3 Å². The molecule has 1 heterocycles. The summed E-state index contributed by atoms with van der Waals surface area (Å²) in [5.74, 6) is -0.798. The first-order valence-electron chi connectivity index (χ1n) is 7.86. The summed E-state index contributed by atoms with van der Waals surface area (Å²) in [5, 5.41) is 0.443. The largest absolute Gasteiger partial charge is 0.462 e. The Bertz CT molecular complexity index is 1120. The molecule has 0 unspecified atom stereocenters. The molecule has 2 aromatic carbocycles. The molecule has 0 saturated heterocycles. The number of nitrogens with one attached hydrogen (secondary N) is 1. The first-order chi connectivity index (χ1) is 12.7. The van der Waals surface area contributed by atoms with Crippen LogP contribution in [0.5, 0.6) is 0 Å². The van der Waals surface area contributed by atoms with Gasteiger partial charge in [0.2, 0.25) is 10.0 Å². The van der Waals surface area contributed by atoms with Gasteiger partial charge in [0.25, 0.3) is 0 Å². The van der Waals surface area contributed by atoms with Gasteiger partial charge in [0, 0.05) is 21.5 Å². The smallest absolute Gasteiger partial charge is 0.342 e. The zero-order valence-corrected chi connectivity index (χ0v) is 16.8. The zero-order valence-electron chi connectivity index (χ0n) is 14.4. The maximum absolute atomic E-state index is 13.3. The van der Waals surface area contributed by atoms with Gasteiger partial charge in [-0.25, -0.2) is 17.6 Å². The summed E-state index contributed by atoms with van der Waals surface area (Å²) in [6, 6.07) is 8.52. The molecule has 0 spiro atoms. The summed E-state index contributed by atoms with van der Waals surface area (Å²) in [6.07, 6.45) is 1.03. The molecule has 0 atom stereocenters. The Hall–Kier alpha value is -2.39. The van der Waals surface area contributed by atoms with E-state index in [2.05, 4.69) is 20.7 Å². The van der Waals surface area contributed by atoms with Crippen molar-refractivity contribution in [2.45, 2.75) is 6.92 Å². The van der Waals surface area contributed by atoms with Crippen LogP contribution >= 0.6 is 15.9 Å². The molecule has 0 amide bonds. The molecule has 1 N–H and O–H groups in total. The van der Waals surface area contributed by atoms with Crippen LogP contribution in [-0.4, -0.2) is 27.2 Å². The van der Waals surface area contributed by atoms with Crippen molar-refractivity contribution in [2.24, 2.45) is 0 Å². The number of esters is 1. The number of carbonyl (C=O) groups is 1. The molecule has 0 bridgehead atoms. The number of benzene rings is 2. The normalized spacial score (nSPS) is 11.6. The minimum atomic E-state index is -3.51. The summed E-state index contributed by atoms with van der Waals surface area (Å²) >= 11 is 3.30. The Morgan fingerprint density at radius 1 is 1.26 bits per heavy atom. The molecule has 142 valence electrons.